The van der Waals surface area contributed by atoms with Crippen LogP contribution in [-0.4, -0.2) is 29.9 Å². The second-order valence-corrected chi connectivity index (χ2v) is 9.10. The molecule has 1 aromatic heterocycles. The minimum absolute atomic E-state index is 0.0935. The molecule has 0 aliphatic carbocycles. The number of carbonyl (C=O) groups is 1. The predicted octanol–water partition coefficient (Wildman–Crippen LogP) is 3.53. The van der Waals surface area contributed by atoms with Crippen molar-refractivity contribution in [3.8, 4) is 11.8 Å². The van der Waals surface area contributed by atoms with Gasteiger partial charge in [-0.3, -0.25) is 4.79 Å². The Kier molecular flexibility index (Phi) is 6.87. The summed E-state index contributed by atoms with van der Waals surface area (Å²) in [6, 6.07) is 14.9. The van der Waals surface area contributed by atoms with Gasteiger partial charge in [-0.1, -0.05) is 11.6 Å². The molecule has 30 heavy (non-hydrogen) atoms. The van der Waals surface area contributed by atoms with E-state index in [9.17, 15) is 13.2 Å². The zero-order valence-electron chi connectivity index (χ0n) is 16.0. The van der Waals surface area contributed by atoms with Gasteiger partial charge in [-0.25, -0.2) is 13.1 Å². The molecule has 0 unspecified atom stereocenters. The highest BCUT2D eigenvalue weighted by Gasteiger charge is 2.15. The quantitative estimate of drug-likeness (QED) is 0.537. The van der Waals surface area contributed by atoms with Crippen LogP contribution in [0, 0.1) is 11.3 Å². The second kappa shape index (κ2) is 9.57. The van der Waals surface area contributed by atoms with E-state index in [1.807, 2.05) is 18.2 Å². The molecular weight excluding hydrogens is 424 g/mol. The first-order valence-electron chi connectivity index (χ1n) is 9.16. The lowest BCUT2D eigenvalue weighted by atomic mass is 10.2. The van der Waals surface area contributed by atoms with E-state index < -0.39 is 9.84 Å². The molecule has 3 aromatic rings. The van der Waals surface area contributed by atoms with Crippen LogP contribution in [0.15, 0.2) is 65.8 Å². The maximum atomic E-state index is 12.4. The molecular formula is C21H19ClN4O3S. The van der Waals surface area contributed by atoms with Gasteiger partial charge in [0.2, 0.25) is 0 Å². The fourth-order valence-corrected chi connectivity index (χ4v) is 4.18. The SMILES string of the molecule is N#CCCCS(=O)(=O)c1ccc(C(=O)NCc2cnn(-c3ccc(Cl)cc3)c2)cc1. The number of halogens is 1. The summed E-state index contributed by atoms with van der Waals surface area (Å²) >= 11 is 5.89. The summed E-state index contributed by atoms with van der Waals surface area (Å²) in [5.74, 6) is -0.411. The molecule has 3 rings (SSSR count). The topological polar surface area (TPSA) is 105 Å². The van der Waals surface area contributed by atoms with Crippen molar-refractivity contribution in [2.24, 2.45) is 0 Å². The van der Waals surface area contributed by atoms with E-state index in [-0.39, 0.29) is 35.9 Å². The molecule has 9 heteroatoms. The van der Waals surface area contributed by atoms with Gasteiger partial charge in [-0.15, -0.1) is 0 Å². The number of carbonyl (C=O) groups excluding carboxylic acids is 1. The zero-order valence-corrected chi connectivity index (χ0v) is 17.5. The summed E-state index contributed by atoms with van der Waals surface area (Å²) in [6.45, 7) is 0.278. The van der Waals surface area contributed by atoms with Crippen LogP contribution in [0.3, 0.4) is 0 Å². The summed E-state index contributed by atoms with van der Waals surface area (Å²) in [7, 11) is -3.46. The number of unbranched alkanes of at least 4 members (excludes halogenated alkanes) is 1. The third-order valence-corrected chi connectivity index (χ3v) is 6.43. The lowest BCUT2D eigenvalue weighted by Crippen LogP contribution is -2.22. The average Bonchev–Trinajstić information content (AvgIpc) is 3.22. The second-order valence-electron chi connectivity index (χ2n) is 6.56. The van der Waals surface area contributed by atoms with Crippen LogP contribution >= 0.6 is 11.6 Å². The number of hydrogen-bond acceptors (Lipinski definition) is 5. The van der Waals surface area contributed by atoms with E-state index >= 15 is 0 Å². The van der Waals surface area contributed by atoms with Gasteiger partial charge in [-0.2, -0.15) is 10.4 Å². The fourth-order valence-electron chi connectivity index (χ4n) is 2.74. The normalized spacial score (nSPS) is 11.1. The number of hydrogen-bond donors (Lipinski definition) is 1. The van der Waals surface area contributed by atoms with Crippen LogP contribution < -0.4 is 5.32 Å². The van der Waals surface area contributed by atoms with Crippen molar-refractivity contribution < 1.29 is 13.2 Å². The molecule has 7 nitrogen and oxygen atoms in total. The van der Waals surface area contributed by atoms with Gasteiger partial charge < -0.3 is 5.32 Å². The van der Waals surface area contributed by atoms with E-state index in [1.165, 1.54) is 24.3 Å². The number of benzene rings is 2. The lowest BCUT2D eigenvalue weighted by Gasteiger charge is -2.06. The molecule has 1 heterocycles. The first kappa shape index (κ1) is 21.6. The van der Waals surface area contributed by atoms with Gasteiger partial charge in [-0.05, 0) is 55.0 Å². The van der Waals surface area contributed by atoms with Crippen molar-refractivity contribution in [3.05, 3.63) is 77.1 Å². The highest BCUT2D eigenvalue weighted by Crippen LogP contribution is 2.15. The van der Waals surface area contributed by atoms with E-state index in [2.05, 4.69) is 10.4 Å². The number of aromatic nitrogens is 2. The van der Waals surface area contributed by atoms with Crippen LogP contribution in [0.25, 0.3) is 5.69 Å². The zero-order chi connectivity index (χ0) is 21.6. The van der Waals surface area contributed by atoms with Gasteiger partial charge in [0, 0.05) is 35.3 Å². The number of nitriles is 1. The molecule has 0 bridgehead atoms. The van der Waals surface area contributed by atoms with Crippen molar-refractivity contribution in [1.82, 2.24) is 15.1 Å². The number of rotatable bonds is 8. The van der Waals surface area contributed by atoms with Gasteiger partial charge in [0.15, 0.2) is 9.84 Å². The molecule has 0 spiro atoms. The summed E-state index contributed by atoms with van der Waals surface area (Å²) in [4.78, 5) is 12.5. The Bertz CT molecular complexity index is 1160. The van der Waals surface area contributed by atoms with E-state index in [1.54, 1.807) is 29.2 Å². The van der Waals surface area contributed by atoms with Crippen LogP contribution in [0.2, 0.25) is 5.02 Å². The minimum atomic E-state index is -3.46. The molecule has 0 aliphatic heterocycles. The summed E-state index contributed by atoms with van der Waals surface area (Å²) < 4.78 is 26.1. The summed E-state index contributed by atoms with van der Waals surface area (Å²) in [6.07, 6.45) is 3.94. The van der Waals surface area contributed by atoms with E-state index in [4.69, 9.17) is 16.9 Å². The van der Waals surface area contributed by atoms with Crippen LogP contribution in [0.5, 0.6) is 0 Å². The van der Waals surface area contributed by atoms with Gasteiger partial charge in [0.05, 0.1) is 28.6 Å². The Morgan fingerprint density at radius 2 is 1.83 bits per heavy atom. The Labute approximate surface area is 179 Å². The molecule has 1 N–H and O–H groups in total. The Hall–Kier alpha value is -3.15. The third kappa shape index (κ3) is 5.47. The van der Waals surface area contributed by atoms with Gasteiger partial charge in [0.25, 0.3) is 5.91 Å². The van der Waals surface area contributed by atoms with Gasteiger partial charge in [0.1, 0.15) is 0 Å². The summed E-state index contributed by atoms with van der Waals surface area (Å²) in [5, 5.41) is 16.2. The maximum absolute atomic E-state index is 12.4. The largest absolute Gasteiger partial charge is 0.348 e. The number of nitrogens with zero attached hydrogens (tertiary/aromatic N) is 3. The van der Waals surface area contributed by atoms with Crippen molar-refractivity contribution in [3.63, 3.8) is 0 Å². The van der Waals surface area contributed by atoms with Crippen molar-refractivity contribution >= 4 is 27.3 Å². The standard InChI is InChI=1S/C21H19ClN4O3S/c22-18-5-7-19(8-6-18)26-15-16(14-25-26)13-24-21(27)17-3-9-20(10-4-17)30(28,29)12-2-1-11-23/h3-10,14-15H,1-2,12-13H2,(H,24,27). The number of sulfone groups is 1. The van der Waals surface area contributed by atoms with Crippen molar-refractivity contribution in [1.29, 1.82) is 5.26 Å². The molecule has 0 radical (unpaired) electrons. The molecule has 154 valence electrons. The third-order valence-electron chi connectivity index (χ3n) is 4.36. The molecule has 1 amide bonds. The van der Waals surface area contributed by atoms with Crippen LogP contribution in [0.4, 0.5) is 0 Å². The fraction of sp³-hybridized carbons (Fsp3) is 0.190. The highest BCUT2D eigenvalue weighted by atomic mass is 35.5. The Morgan fingerprint density at radius 3 is 2.50 bits per heavy atom. The molecule has 0 aliphatic rings. The van der Waals surface area contributed by atoms with E-state index in [0.29, 0.717) is 10.6 Å². The van der Waals surface area contributed by atoms with Crippen LogP contribution in [-0.2, 0) is 16.4 Å². The average molecular weight is 443 g/mol. The predicted molar refractivity (Wildman–Crippen MR) is 113 cm³/mol. The minimum Gasteiger partial charge on any atom is -0.348 e. The van der Waals surface area contributed by atoms with Crippen molar-refractivity contribution in [2.45, 2.75) is 24.3 Å². The molecule has 0 saturated carbocycles. The first-order chi connectivity index (χ1) is 14.4. The first-order valence-corrected chi connectivity index (χ1v) is 11.2. The molecule has 0 saturated heterocycles. The highest BCUT2D eigenvalue weighted by molar-refractivity contribution is 7.91. The van der Waals surface area contributed by atoms with E-state index in [0.717, 1.165) is 11.3 Å². The Morgan fingerprint density at radius 1 is 1.13 bits per heavy atom. The maximum Gasteiger partial charge on any atom is 0.251 e. The Balaban J connectivity index is 1.59. The van der Waals surface area contributed by atoms with Crippen molar-refractivity contribution in [2.75, 3.05) is 5.75 Å². The monoisotopic (exact) mass is 442 g/mol. The summed E-state index contributed by atoms with van der Waals surface area (Å²) in [5.41, 5.74) is 2.02. The smallest absolute Gasteiger partial charge is 0.251 e. The van der Waals surface area contributed by atoms with Gasteiger partial charge >= 0.3 is 0 Å². The molecule has 0 atom stereocenters. The number of amides is 1. The lowest BCUT2D eigenvalue weighted by molar-refractivity contribution is 0.0951. The number of nitrogens with one attached hydrogen (secondary N) is 1. The molecule has 0 fully saturated rings. The van der Waals surface area contributed by atoms with Crippen LogP contribution in [0.1, 0.15) is 28.8 Å². The molecule has 2 aromatic carbocycles.